The standard InChI is InChI=1S/C22H26N4O3S/c1-16-13-20(29-2)7-8-22(16)30(27,28)24-15-18-14-21(17-9-11-23-12-10-17)26(25-18)19-5-3-4-6-19/h7-14,19,24H,3-6,15H2,1-2H3. The first-order chi connectivity index (χ1) is 14.5. The Morgan fingerprint density at radius 3 is 2.53 bits per heavy atom. The second-order valence-electron chi connectivity index (χ2n) is 7.60. The molecule has 3 aromatic rings. The van der Waals surface area contributed by atoms with Crippen molar-refractivity contribution >= 4 is 10.0 Å². The van der Waals surface area contributed by atoms with Crippen LogP contribution in [0.3, 0.4) is 0 Å². The van der Waals surface area contributed by atoms with Crippen molar-refractivity contribution in [3.8, 4) is 17.0 Å². The van der Waals surface area contributed by atoms with E-state index >= 15 is 0 Å². The summed E-state index contributed by atoms with van der Waals surface area (Å²) in [5.74, 6) is 0.628. The molecular formula is C22H26N4O3S. The Hall–Kier alpha value is -2.71. The molecule has 7 nitrogen and oxygen atoms in total. The maximum absolute atomic E-state index is 12.8. The van der Waals surface area contributed by atoms with Gasteiger partial charge in [-0.1, -0.05) is 12.8 Å². The van der Waals surface area contributed by atoms with Crippen molar-refractivity contribution in [3.63, 3.8) is 0 Å². The van der Waals surface area contributed by atoms with Crippen molar-refractivity contribution in [2.45, 2.75) is 50.1 Å². The monoisotopic (exact) mass is 426 g/mol. The van der Waals surface area contributed by atoms with Crippen LogP contribution in [0.15, 0.2) is 53.7 Å². The fourth-order valence-corrected chi connectivity index (χ4v) is 5.22. The van der Waals surface area contributed by atoms with Crippen molar-refractivity contribution in [3.05, 3.63) is 60.0 Å². The van der Waals surface area contributed by atoms with Gasteiger partial charge in [-0.3, -0.25) is 9.67 Å². The SMILES string of the molecule is COc1ccc(S(=O)(=O)NCc2cc(-c3ccncc3)n(C3CCCC3)n2)c(C)c1. The predicted molar refractivity (Wildman–Crippen MR) is 115 cm³/mol. The number of rotatable bonds is 7. The van der Waals surface area contributed by atoms with E-state index in [4.69, 9.17) is 9.84 Å². The van der Waals surface area contributed by atoms with E-state index < -0.39 is 10.0 Å². The molecule has 4 rings (SSSR count). The summed E-state index contributed by atoms with van der Waals surface area (Å²) in [6, 6.07) is 11.2. The fourth-order valence-electron chi connectivity index (χ4n) is 3.99. The summed E-state index contributed by atoms with van der Waals surface area (Å²) < 4.78 is 35.6. The maximum Gasteiger partial charge on any atom is 0.241 e. The van der Waals surface area contributed by atoms with Gasteiger partial charge in [0.1, 0.15) is 5.75 Å². The van der Waals surface area contributed by atoms with Crippen molar-refractivity contribution in [1.29, 1.82) is 0 Å². The highest BCUT2D eigenvalue weighted by molar-refractivity contribution is 7.89. The molecule has 0 radical (unpaired) electrons. The zero-order valence-electron chi connectivity index (χ0n) is 17.2. The number of nitrogens with zero attached hydrogens (tertiary/aromatic N) is 3. The minimum Gasteiger partial charge on any atom is -0.497 e. The number of ether oxygens (including phenoxy) is 1. The van der Waals surface area contributed by atoms with E-state index in [9.17, 15) is 8.42 Å². The zero-order chi connectivity index (χ0) is 21.1. The Balaban J connectivity index is 1.59. The minimum absolute atomic E-state index is 0.131. The highest BCUT2D eigenvalue weighted by Crippen LogP contribution is 2.33. The third-order valence-corrected chi connectivity index (χ3v) is 7.11. The number of hydrogen-bond donors (Lipinski definition) is 1. The molecule has 1 aliphatic rings. The van der Waals surface area contributed by atoms with Crippen molar-refractivity contribution in [2.75, 3.05) is 7.11 Å². The Kier molecular flexibility index (Phi) is 5.87. The van der Waals surface area contributed by atoms with Gasteiger partial charge in [-0.2, -0.15) is 5.10 Å². The van der Waals surface area contributed by atoms with E-state index in [2.05, 4.69) is 14.4 Å². The fraction of sp³-hybridized carbons (Fsp3) is 0.364. The molecule has 1 fully saturated rings. The van der Waals surface area contributed by atoms with Crippen LogP contribution >= 0.6 is 0 Å². The molecule has 8 heteroatoms. The lowest BCUT2D eigenvalue weighted by molar-refractivity contribution is 0.414. The highest BCUT2D eigenvalue weighted by Gasteiger charge is 2.23. The second-order valence-corrected chi connectivity index (χ2v) is 9.33. The summed E-state index contributed by atoms with van der Waals surface area (Å²) in [4.78, 5) is 4.34. The van der Waals surface area contributed by atoms with Crippen LogP contribution in [0.1, 0.15) is 43.0 Å². The normalized spacial score (nSPS) is 14.9. The molecule has 2 heterocycles. The summed E-state index contributed by atoms with van der Waals surface area (Å²) >= 11 is 0. The van der Waals surface area contributed by atoms with Gasteiger partial charge in [-0.05, 0) is 61.7 Å². The number of aryl methyl sites for hydroxylation is 1. The van der Waals surface area contributed by atoms with Crippen LogP contribution in [0.5, 0.6) is 5.75 Å². The van der Waals surface area contributed by atoms with Crippen molar-refractivity contribution < 1.29 is 13.2 Å². The molecule has 1 saturated carbocycles. The van der Waals surface area contributed by atoms with E-state index in [0.29, 0.717) is 23.0 Å². The molecule has 1 aromatic carbocycles. The van der Waals surface area contributed by atoms with E-state index in [-0.39, 0.29) is 11.4 Å². The number of nitrogens with one attached hydrogen (secondary N) is 1. The van der Waals surface area contributed by atoms with Gasteiger partial charge in [-0.15, -0.1) is 0 Å². The number of sulfonamides is 1. The summed E-state index contributed by atoms with van der Waals surface area (Å²) in [5, 5.41) is 4.76. The quantitative estimate of drug-likeness (QED) is 0.620. The van der Waals surface area contributed by atoms with E-state index in [1.807, 2.05) is 18.2 Å². The third-order valence-electron chi connectivity index (χ3n) is 5.55. The Morgan fingerprint density at radius 2 is 1.87 bits per heavy atom. The molecule has 0 amide bonds. The molecule has 0 saturated heterocycles. The second kappa shape index (κ2) is 8.57. The molecule has 0 unspecified atom stereocenters. The maximum atomic E-state index is 12.8. The smallest absolute Gasteiger partial charge is 0.241 e. The predicted octanol–water partition coefficient (Wildman–Crippen LogP) is 3.86. The zero-order valence-corrected chi connectivity index (χ0v) is 18.0. The van der Waals surface area contributed by atoms with Gasteiger partial charge in [0.25, 0.3) is 0 Å². The van der Waals surface area contributed by atoms with E-state index in [1.54, 1.807) is 44.6 Å². The average molecular weight is 427 g/mol. The molecule has 0 aliphatic heterocycles. The number of pyridine rings is 1. The molecule has 0 bridgehead atoms. The van der Waals surface area contributed by atoms with Gasteiger partial charge in [-0.25, -0.2) is 13.1 Å². The van der Waals surface area contributed by atoms with Crippen LogP contribution < -0.4 is 9.46 Å². The molecule has 158 valence electrons. The van der Waals surface area contributed by atoms with Crippen molar-refractivity contribution in [2.24, 2.45) is 0 Å². The Labute approximate surface area is 177 Å². The summed E-state index contributed by atoms with van der Waals surface area (Å²) in [7, 11) is -2.11. The lowest BCUT2D eigenvalue weighted by Gasteiger charge is -2.14. The lowest BCUT2D eigenvalue weighted by Crippen LogP contribution is -2.24. The first kappa shape index (κ1) is 20.6. The van der Waals surface area contributed by atoms with Crippen LogP contribution in [-0.2, 0) is 16.6 Å². The molecule has 1 N–H and O–H groups in total. The first-order valence-corrected chi connectivity index (χ1v) is 11.6. The highest BCUT2D eigenvalue weighted by atomic mass is 32.2. The molecular weight excluding hydrogens is 400 g/mol. The van der Waals surface area contributed by atoms with Gasteiger partial charge < -0.3 is 4.74 Å². The average Bonchev–Trinajstić information content (AvgIpc) is 3.42. The van der Waals surface area contributed by atoms with Crippen molar-refractivity contribution in [1.82, 2.24) is 19.5 Å². The lowest BCUT2D eigenvalue weighted by atomic mass is 10.1. The van der Waals surface area contributed by atoms with Crippen LogP contribution in [0.4, 0.5) is 0 Å². The number of aromatic nitrogens is 3. The van der Waals surface area contributed by atoms with E-state index in [1.165, 1.54) is 12.8 Å². The Bertz CT molecular complexity index is 1120. The van der Waals surface area contributed by atoms with Crippen LogP contribution in [0.25, 0.3) is 11.3 Å². The first-order valence-electron chi connectivity index (χ1n) is 10.1. The van der Waals surface area contributed by atoms with Crippen LogP contribution in [0.2, 0.25) is 0 Å². The molecule has 0 spiro atoms. The summed E-state index contributed by atoms with van der Waals surface area (Å²) in [5.41, 5.74) is 3.36. The summed E-state index contributed by atoms with van der Waals surface area (Å²) in [6.45, 7) is 1.89. The largest absolute Gasteiger partial charge is 0.497 e. The number of benzene rings is 1. The number of hydrogen-bond acceptors (Lipinski definition) is 5. The van der Waals surface area contributed by atoms with Gasteiger partial charge >= 0.3 is 0 Å². The summed E-state index contributed by atoms with van der Waals surface area (Å²) in [6.07, 6.45) is 8.09. The van der Waals surface area contributed by atoms with Gasteiger partial charge in [0.2, 0.25) is 10.0 Å². The molecule has 30 heavy (non-hydrogen) atoms. The van der Waals surface area contributed by atoms with Crippen LogP contribution in [-0.4, -0.2) is 30.3 Å². The topological polar surface area (TPSA) is 86.1 Å². The third kappa shape index (κ3) is 4.24. The molecule has 0 atom stereocenters. The van der Waals surface area contributed by atoms with Gasteiger partial charge in [0, 0.05) is 18.0 Å². The van der Waals surface area contributed by atoms with Gasteiger partial charge in [0.05, 0.1) is 36.0 Å². The van der Waals surface area contributed by atoms with Crippen LogP contribution in [0, 0.1) is 6.92 Å². The van der Waals surface area contributed by atoms with E-state index in [0.717, 1.165) is 24.1 Å². The molecule has 2 aromatic heterocycles. The molecule has 1 aliphatic carbocycles. The minimum atomic E-state index is -3.67. The van der Waals surface area contributed by atoms with Gasteiger partial charge in [0.15, 0.2) is 0 Å². The Morgan fingerprint density at radius 1 is 1.13 bits per heavy atom. The number of methoxy groups -OCH3 is 1.